The van der Waals surface area contributed by atoms with E-state index in [1.54, 1.807) is 0 Å². The van der Waals surface area contributed by atoms with Gasteiger partial charge in [0.15, 0.2) is 0 Å². The van der Waals surface area contributed by atoms with E-state index < -0.39 is 0 Å². The summed E-state index contributed by atoms with van der Waals surface area (Å²) in [6.07, 6.45) is 8.85. The molecule has 4 bridgehead atoms. The van der Waals surface area contributed by atoms with E-state index in [9.17, 15) is 0 Å². The maximum absolute atomic E-state index is 6.36. The standard InChI is InChI=1S/C19H25NO/c1-20-19(12-18(21-20)15-5-3-2-4-6-15)16-8-13-7-14(10-16)11-17(19)9-13/h2-6,13-14,16-18H,7-12H2,1H3. The maximum Gasteiger partial charge on any atom is 0.106 e. The zero-order chi connectivity index (χ0) is 14.0. The van der Waals surface area contributed by atoms with Crippen LogP contribution in [0.25, 0.3) is 0 Å². The van der Waals surface area contributed by atoms with Crippen LogP contribution in [0, 0.1) is 23.7 Å². The number of rotatable bonds is 1. The van der Waals surface area contributed by atoms with Crippen molar-refractivity contribution in [2.75, 3.05) is 7.05 Å². The van der Waals surface area contributed by atoms with Gasteiger partial charge >= 0.3 is 0 Å². The topological polar surface area (TPSA) is 12.5 Å². The van der Waals surface area contributed by atoms with Crippen molar-refractivity contribution in [1.29, 1.82) is 0 Å². The van der Waals surface area contributed by atoms with Gasteiger partial charge in [0, 0.05) is 13.5 Å². The minimum absolute atomic E-state index is 0.272. The Morgan fingerprint density at radius 3 is 2.19 bits per heavy atom. The molecule has 1 unspecified atom stereocenters. The van der Waals surface area contributed by atoms with Crippen molar-refractivity contribution >= 4 is 0 Å². The van der Waals surface area contributed by atoms with Gasteiger partial charge in [-0.1, -0.05) is 30.3 Å². The molecule has 0 N–H and O–H groups in total. The first-order valence-corrected chi connectivity index (χ1v) is 8.71. The number of nitrogens with zero attached hydrogens (tertiary/aromatic N) is 1. The first-order chi connectivity index (χ1) is 10.3. The van der Waals surface area contributed by atoms with Crippen LogP contribution in [0.3, 0.4) is 0 Å². The molecule has 5 aliphatic rings. The van der Waals surface area contributed by atoms with Crippen LogP contribution in [0.2, 0.25) is 0 Å². The summed E-state index contributed by atoms with van der Waals surface area (Å²) in [4.78, 5) is 6.36. The molecule has 1 aromatic rings. The SMILES string of the molecule is CN1OC(c2ccccc2)CC12C1CC3CC(C1)CC2C3. The number of benzene rings is 1. The smallest absolute Gasteiger partial charge is 0.106 e. The third-order valence-corrected chi connectivity index (χ3v) is 7.11. The highest BCUT2D eigenvalue weighted by molar-refractivity contribution is 5.22. The number of hydrogen-bond donors (Lipinski definition) is 0. The zero-order valence-electron chi connectivity index (χ0n) is 12.9. The molecule has 0 aromatic heterocycles. The van der Waals surface area contributed by atoms with Crippen LogP contribution in [0.1, 0.15) is 50.2 Å². The van der Waals surface area contributed by atoms with Crippen LogP contribution >= 0.6 is 0 Å². The van der Waals surface area contributed by atoms with Crippen molar-refractivity contribution in [3.63, 3.8) is 0 Å². The molecular weight excluding hydrogens is 258 g/mol. The molecule has 21 heavy (non-hydrogen) atoms. The Balaban J connectivity index is 1.49. The van der Waals surface area contributed by atoms with Crippen molar-refractivity contribution in [1.82, 2.24) is 5.06 Å². The molecule has 1 atom stereocenters. The first-order valence-electron chi connectivity index (χ1n) is 8.71. The van der Waals surface area contributed by atoms with Gasteiger partial charge in [0.1, 0.15) is 6.10 Å². The second kappa shape index (κ2) is 4.33. The predicted molar refractivity (Wildman–Crippen MR) is 82.4 cm³/mol. The Bertz CT molecular complexity index is 512. The molecule has 1 spiro atoms. The minimum Gasteiger partial charge on any atom is -0.291 e. The highest BCUT2D eigenvalue weighted by atomic mass is 16.7. The molecule has 2 heteroatoms. The Hall–Kier alpha value is -0.860. The summed E-state index contributed by atoms with van der Waals surface area (Å²) >= 11 is 0. The lowest BCUT2D eigenvalue weighted by Crippen LogP contribution is -2.62. The summed E-state index contributed by atoms with van der Waals surface area (Å²) in [5, 5.41) is 2.30. The molecule has 6 rings (SSSR count). The lowest BCUT2D eigenvalue weighted by atomic mass is 9.47. The number of hydroxylamine groups is 2. The highest BCUT2D eigenvalue weighted by Crippen LogP contribution is 2.64. The van der Waals surface area contributed by atoms with Crippen LogP contribution in [0.15, 0.2) is 30.3 Å². The quantitative estimate of drug-likeness (QED) is 0.766. The molecule has 112 valence electrons. The molecule has 1 aliphatic heterocycles. The van der Waals surface area contributed by atoms with Gasteiger partial charge < -0.3 is 0 Å². The van der Waals surface area contributed by atoms with Gasteiger partial charge in [-0.15, -0.1) is 0 Å². The third-order valence-electron chi connectivity index (χ3n) is 7.11. The van der Waals surface area contributed by atoms with E-state index in [-0.39, 0.29) is 6.10 Å². The van der Waals surface area contributed by atoms with Crippen molar-refractivity contribution in [3.8, 4) is 0 Å². The summed E-state index contributed by atoms with van der Waals surface area (Å²) in [5.74, 6) is 3.82. The molecule has 1 heterocycles. The largest absolute Gasteiger partial charge is 0.291 e. The van der Waals surface area contributed by atoms with E-state index in [0.29, 0.717) is 5.54 Å². The van der Waals surface area contributed by atoms with Crippen LogP contribution in [0.5, 0.6) is 0 Å². The van der Waals surface area contributed by atoms with Gasteiger partial charge in [0.25, 0.3) is 0 Å². The molecule has 4 saturated carbocycles. The Labute approximate surface area is 127 Å². The lowest BCUT2D eigenvalue weighted by Gasteiger charge is -2.61. The average molecular weight is 283 g/mol. The van der Waals surface area contributed by atoms with E-state index in [1.165, 1.54) is 44.1 Å². The second-order valence-electron chi connectivity index (χ2n) is 8.00. The zero-order valence-corrected chi connectivity index (χ0v) is 12.9. The molecule has 4 aliphatic carbocycles. The molecular formula is C19H25NO. The minimum atomic E-state index is 0.272. The summed E-state index contributed by atoms with van der Waals surface area (Å²) < 4.78 is 0. The fourth-order valence-electron chi connectivity index (χ4n) is 6.45. The molecule has 5 fully saturated rings. The Morgan fingerprint density at radius 1 is 0.952 bits per heavy atom. The van der Waals surface area contributed by atoms with Crippen molar-refractivity contribution in [2.45, 2.75) is 50.2 Å². The molecule has 1 saturated heterocycles. The van der Waals surface area contributed by atoms with Crippen LogP contribution in [-0.2, 0) is 4.84 Å². The van der Waals surface area contributed by atoms with Crippen molar-refractivity contribution < 1.29 is 4.84 Å². The summed E-state index contributed by atoms with van der Waals surface area (Å²) in [5.41, 5.74) is 1.70. The maximum atomic E-state index is 6.36. The van der Waals surface area contributed by atoms with Gasteiger partial charge in [-0.05, 0) is 61.3 Å². The second-order valence-corrected chi connectivity index (χ2v) is 8.00. The molecule has 1 aromatic carbocycles. The monoisotopic (exact) mass is 283 g/mol. The van der Waals surface area contributed by atoms with Crippen LogP contribution < -0.4 is 0 Å². The highest BCUT2D eigenvalue weighted by Gasteiger charge is 2.62. The Kier molecular flexibility index (Phi) is 2.61. The van der Waals surface area contributed by atoms with E-state index >= 15 is 0 Å². The summed E-state index contributed by atoms with van der Waals surface area (Å²) in [6, 6.07) is 10.8. The van der Waals surface area contributed by atoms with Gasteiger partial charge in [-0.3, -0.25) is 4.84 Å². The number of hydrogen-bond acceptors (Lipinski definition) is 2. The molecule has 0 amide bonds. The fourth-order valence-corrected chi connectivity index (χ4v) is 6.45. The van der Waals surface area contributed by atoms with E-state index in [1.807, 2.05) is 0 Å². The summed E-state index contributed by atoms with van der Waals surface area (Å²) in [7, 11) is 2.21. The fraction of sp³-hybridized carbons (Fsp3) is 0.684. The van der Waals surface area contributed by atoms with E-state index in [0.717, 1.165) is 23.7 Å². The van der Waals surface area contributed by atoms with Gasteiger partial charge in [-0.2, -0.15) is 5.06 Å². The molecule has 2 nitrogen and oxygen atoms in total. The van der Waals surface area contributed by atoms with Crippen LogP contribution in [0.4, 0.5) is 0 Å². The van der Waals surface area contributed by atoms with Gasteiger partial charge in [0.05, 0.1) is 5.54 Å². The predicted octanol–water partition coefficient (Wildman–Crippen LogP) is 4.19. The van der Waals surface area contributed by atoms with Crippen molar-refractivity contribution in [3.05, 3.63) is 35.9 Å². The normalized spacial score (nSPS) is 48.3. The van der Waals surface area contributed by atoms with Gasteiger partial charge in [-0.25, -0.2) is 0 Å². The Morgan fingerprint density at radius 2 is 1.57 bits per heavy atom. The first kappa shape index (κ1) is 12.7. The van der Waals surface area contributed by atoms with E-state index in [4.69, 9.17) is 4.84 Å². The van der Waals surface area contributed by atoms with Crippen LogP contribution in [-0.4, -0.2) is 17.6 Å². The third kappa shape index (κ3) is 1.66. The molecule has 0 radical (unpaired) electrons. The average Bonchev–Trinajstić information content (AvgIpc) is 2.84. The van der Waals surface area contributed by atoms with E-state index in [2.05, 4.69) is 42.4 Å². The van der Waals surface area contributed by atoms with Gasteiger partial charge in [0.2, 0.25) is 0 Å². The lowest BCUT2D eigenvalue weighted by molar-refractivity contribution is -0.228. The summed E-state index contributed by atoms with van der Waals surface area (Å²) in [6.45, 7) is 0. The van der Waals surface area contributed by atoms with Crippen molar-refractivity contribution in [2.24, 2.45) is 23.7 Å².